The van der Waals surface area contributed by atoms with Gasteiger partial charge in [0.1, 0.15) is 6.61 Å². The molecule has 1 fully saturated rings. The van der Waals surface area contributed by atoms with Crippen molar-refractivity contribution in [3.05, 3.63) is 0 Å². The number of hydrogen-bond acceptors (Lipinski definition) is 12. The molecule has 196 valence electrons. The summed E-state index contributed by atoms with van der Waals surface area (Å²) in [4.78, 5) is 57.8. The van der Waals surface area contributed by atoms with E-state index in [2.05, 4.69) is 15.4 Å². The lowest BCUT2D eigenvalue weighted by molar-refractivity contribution is -0.146. The van der Waals surface area contributed by atoms with Crippen LogP contribution in [-0.2, 0) is 37.4 Å². The molecular weight excluding hydrogens is 493 g/mol. The van der Waals surface area contributed by atoms with Crippen molar-refractivity contribution in [2.75, 3.05) is 39.4 Å². The molecule has 1 aliphatic rings. The summed E-state index contributed by atoms with van der Waals surface area (Å²) in [6, 6.07) is -0.575. The fourth-order valence-electron chi connectivity index (χ4n) is 2.45. The second-order valence-electron chi connectivity index (χ2n) is 8.38. The fraction of sp³-hybridized carbons (Fsp3) is 0.789. The van der Waals surface area contributed by atoms with Gasteiger partial charge in [-0.05, 0) is 5.92 Å². The molecule has 3 atom stereocenters. The highest BCUT2D eigenvalue weighted by Gasteiger charge is 2.59. The second kappa shape index (κ2) is 14.1. The Labute approximate surface area is 203 Å². The summed E-state index contributed by atoms with van der Waals surface area (Å²) in [6.07, 6.45) is -2.01. The van der Waals surface area contributed by atoms with E-state index in [1.54, 1.807) is 13.8 Å². The molecule has 0 radical (unpaired) electrons. The standard InChI is InChI=1S/C19H34N3O10PS/c1-12(2)14(20)17(25)34-9-8-22-18(26)29-11-31-33(27)30-10-19(3,4)15(32-33)16(24)21-7-6-13(23)28-5/h12,14-15,27H,6-11,20H2,1-5H3,(H-,21,22,24,26)/p+1/t14-,15-,33?/m0/s1. The number of nitrogens with two attached hydrogens (primary N) is 1. The van der Waals surface area contributed by atoms with Crippen LogP contribution in [0.4, 0.5) is 4.79 Å². The summed E-state index contributed by atoms with van der Waals surface area (Å²) in [6.45, 7) is 6.49. The average Bonchev–Trinajstić information content (AvgIpc) is 2.77. The molecule has 5 N–H and O–H groups in total. The molecule has 1 rings (SSSR count). The number of hydrogen-bond donors (Lipinski definition) is 4. The van der Waals surface area contributed by atoms with E-state index in [0.29, 0.717) is 5.75 Å². The number of ether oxygens (including phenoxy) is 2. The maximum absolute atomic E-state index is 12.5. The van der Waals surface area contributed by atoms with E-state index in [-0.39, 0.29) is 37.2 Å². The van der Waals surface area contributed by atoms with Gasteiger partial charge in [0.15, 0.2) is 6.10 Å². The van der Waals surface area contributed by atoms with Gasteiger partial charge in [0, 0.05) is 24.3 Å². The van der Waals surface area contributed by atoms with E-state index in [0.717, 1.165) is 11.8 Å². The number of esters is 1. The molecule has 0 aromatic heterocycles. The van der Waals surface area contributed by atoms with Gasteiger partial charge >= 0.3 is 20.2 Å². The Bertz CT molecular complexity index is 726. The Balaban J connectivity index is 2.41. The summed E-state index contributed by atoms with van der Waals surface area (Å²) < 4.78 is 25.1. The van der Waals surface area contributed by atoms with E-state index in [9.17, 15) is 24.1 Å². The molecule has 0 bridgehead atoms. The molecule has 1 saturated heterocycles. The van der Waals surface area contributed by atoms with E-state index in [1.807, 2.05) is 13.8 Å². The normalized spacial score (nSPS) is 22.5. The Morgan fingerprint density at radius 3 is 2.53 bits per heavy atom. The molecule has 0 spiro atoms. The zero-order valence-electron chi connectivity index (χ0n) is 20.0. The first-order chi connectivity index (χ1) is 15.8. The van der Waals surface area contributed by atoms with Crippen molar-refractivity contribution in [1.82, 2.24) is 10.6 Å². The molecule has 1 unspecified atom stereocenters. The van der Waals surface area contributed by atoms with Crippen LogP contribution in [0.15, 0.2) is 0 Å². The predicted molar refractivity (Wildman–Crippen MR) is 124 cm³/mol. The van der Waals surface area contributed by atoms with Gasteiger partial charge in [-0.1, -0.05) is 39.5 Å². The number of nitrogens with one attached hydrogen (secondary N) is 2. The minimum absolute atomic E-state index is 0.0181. The molecule has 1 heterocycles. The van der Waals surface area contributed by atoms with Crippen LogP contribution in [0.3, 0.4) is 0 Å². The number of alkyl carbamates (subject to hydrolysis) is 1. The van der Waals surface area contributed by atoms with Crippen LogP contribution in [0.25, 0.3) is 0 Å². The highest BCUT2D eigenvalue weighted by atomic mass is 32.2. The largest absolute Gasteiger partial charge is 0.576 e. The van der Waals surface area contributed by atoms with Crippen molar-refractivity contribution in [1.29, 1.82) is 0 Å². The van der Waals surface area contributed by atoms with E-state index >= 15 is 0 Å². The molecule has 0 aromatic rings. The Kier molecular flexibility index (Phi) is 12.7. The Hall–Kier alpha value is -1.54. The van der Waals surface area contributed by atoms with Gasteiger partial charge < -0.3 is 25.8 Å². The van der Waals surface area contributed by atoms with Gasteiger partial charge in [-0.15, -0.1) is 9.05 Å². The Morgan fingerprint density at radius 2 is 1.91 bits per heavy atom. The lowest BCUT2D eigenvalue weighted by atomic mass is 9.87. The van der Waals surface area contributed by atoms with E-state index in [1.165, 1.54) is 7.11 Å². The van der Waals surface area contributed by atoms with Crippen molar-refractivity contribution in [2.24, 2.45) is 17.1 Å². The van der Waals surface area contributed by atoms with Crippen LogP contribution < -0.4 is 16.4 Å². The average molecular weight is 529 g/mol. The van der Waals surface area contributed by atoms with Crippen LogP contribution in [0.2, 0.25) is 0 Å². The molecule has 2 amide bonds. The molecule has 15 heteroatoms. The van der Waals surface area contributed by atoms with Crippen molar-refractivity contribution in [3.8, 4) is 0 Å². The van der Waals surface area contributed by atoms with Crippen LogP contribution in [0.5, 0.6) is 0 Å². The fourth-order valence-corrected chi connectivity index (χ4v) is 4.85. The molecule has 1 aliphatic heterocycles. The third-order valence-electron chi connectivity index (χ3n) is 4.65. The first kappa shape index (κ1) is 30.5. The van der Waals surface area contributed by atoms with Gasteiger partial charge in [0.05, 0.1) is 19.6 Å². The van der Waals surface area contributed by atoms with Crippen LogP contribution in [0.1, 0.15) is 34.1 Å². The maximum Gasteiger partial charge on any atom is 0.576 e. The van der Waals surface area contributed by atoms with Crippen LogP contribution >= 0.6 is 19.9 Å². The topological polar surface area (TPSA) is 185 Å². The minimum Gasteiger partial charge on any atom is -0.469 e. The number of rotatable bonds is 12. The van der Waals surface area contributed by atoms with Gasteiger partial charge in [0.2, 0.25) is 11.9 Å². The van der Waals surface area contributed by atoms with Crippen LogP contribution in [0, 0.1) is 11.3 Å². The predicted octanol–water partition coefficient (Wildman–Crippen LogP) is 0.721. The van der Waals surface area contributed by atoms with Crippen molar-refractivity contribution in [2.45, 2.75) is 46.3 Å². The third kappa shape index (κ3) is 10.4. The second-order valence-corrected chi connectivity index (χ2v) is 11.1. The zero-order chi connectivity index (χ0) is 25.9. The Morgan fingerprint density at radius 1 is 1.24 bits per heavy atom. The third-order valence-corrected chi connectivity index (χ3v) is 6.98. The summed E-state index contributed by atoms with van der Waals surface area (Å²) in [5, 5.41) is 4.79. The van der Waals surface area contributed by atoms with E-state index < -0.39 is 50.5 Å². The first-order valence-corrected chi connectivity index (χ1v) is 13.1. The summed E-state index contributed by atoms with van der Waals surface area (Å²) >= 11 is 1.01. The van der Waals surface area contributed by atoms with Gasteiger partial charge in [0.25, 0.3) is 5.91 Å². The number of carbonyl (C=O) groups is 4. The summed E-state index contributed by atoms with van der Waals surface area (Å²) in [5.74, 6) is -0.730. The van der Waals surface area contributed by atoms with E-state index in [4.69, 9.17) is 24.0 Å². The summed E-state index contributed by atoms with van der Waals surface area (Å²) in [7, 11) is -2.71. The molecule has 0 saturated carbocycles. The van der Waals surface area contributed by atoms with Crippen molar-refractivity contribution in [3.63, 3.8) is 0 Å². The van der Waals surface area contributed by atoms with Gasteiger partial charge in [-0.3, -0.25) is 14.4 Å². The quantitative estimate of drug-likeness (QED) is 0.121. The zero-order valence-corrected chi connectivity index (χ0v) is 21.7. The van der Waals surface area contributed by atoms with Crippen molar-refractivity contribution >= 4 is 43.0 Å². The van der Waals surface area contributed by atoms with Crippen molar-refractivity contribution < 1.29 is 47.1 Å². The monoisotopic (exact) mass is 528 g/mol. The summed E-state index contributed by atoms with van der Waals surface area (Å²) in [5.41, 5.74) is 4.94. The molecular formula is C19H35N3O10PS+. The molecule has 34 heavy (non-hydrogen) atoms. The lowest BCUT2D eigenvalue weighted by Crippen LogP contribution is -2.50. The molecule has 0 aromatic carbocycles. The molecule has 0 aliphatic carbocycles. The smallest absolute Gasteiger partial charge is 0.469 e. The van der Waals surface area contributed by atoms with Gasteiger partial charge in [-0.25, -0.2) is 4.79 Å². The number of amides is 2. The number of thioether (sulfide) groups is 1. The number of methoxy groups -OCH3 is 1. The minimum atomic E-state index is -3.95. The van der Waals surface area contributed by atoms with Gasteiger partial charge in [-0.2, -0.15) is 9.42 Å². The highest BCUT2D eigenvalue weighted by Crippen LogP contribution is 2.63. The number of carbonyl (C=O) groups excluding carboxylic acids is 4. The SMILES string of the molecule is COC(=O)CCNC(=O)[C@@H]1O[P+](O)(OCOC(=O)NCCSC(=O)[C@@H](N)C(C)C)OCC1(C)C. The lowest BCUT2D eigenvalue weighted by Gasteiger charge is -2.36. The maximum atomic E-state index is 12.5. The highest BCUT2D eigenvalue weighted by molar-refractivity contribution is 8.13. The first-order valence-electron chi connectivity index (χ1n) is 10.6. The molecule has 13 nitrogen and oxygen atoms in total. The van der Waals surface area contributed by atoms with Crippen LogP contribution in [-0.4, -0.2) is 79.5 Å².